The van der Waals surface area contributed by atoms with Crippen molar-refractivity contribution in [1.29, 1.82) is 0 Å². The maximum atomic E-state index is 12.6. The number of rotatable bonds is 3. The van der Waals surface area contributed by atoms with Crippen LogP contribution in [0, 0.1) is 12.8 Å². The molecule has 2 fully saturated rings. The van der Waals surface area contributed by atoms with Crippen LogP contribution in [0.4, 0.5) is 0 Å². The molecule has 1 aliphatic heterocycles. The summed E-state index contributed by atoms with van der Waals surface area (Å²) >= 11 is 6.68. The number of nitrogens with zero attached hydrogens (tertiary/aromatic N) is 1. The average Bonchev–Trinajstić information content (AvgIpc) is 3.13. The van der Waals surface area contributed by atoms with Gasteiger partial charge in [0.1, 0.15) is 0 Å². The highest BCUT2D eigenvalue weighted by Gasteiger charge is 2.55. The van der Waals surface area contributed by atoms with Crippen molar-refractivity contribution in [3.8, 4) is 0 Å². The first-order chi connectivity index (χ1) is 9.24. The lowest BCUT2D eigenvalue weighted by Crippen LogP contribution is -2.64. The van der Waals surface area contributed by atoms with Crippen LogP contribution in [0.15, 0.2) is 26.0 Å². The lowest BCUT2D eigenvalue weighted by Gasteiger charge is -2.45. The molecule has 1 heterocycles. The summed E-state index contributed by atoms with van der Waals surface area (Å²) in [6, 6.07) is 3.40. The molecule has 4 nitrogen and oxygen atoms in total. The molecule has 7 heteroatoms. The van der Waals surface area contributed by atoms with Gasteiger partial charge in [0.15, 0.2) is 0 Å². The third-order valence-corrected chi connectivity index (χ3v) is 7.67. The van der Waals surface area contributed by atoms with Crippen molar-refractivity contribution in [2.24, 2.45) is 5.92 Å². The van der Waals surface area contributed by atoms with Crippen LogP contribution in [-0.4, -0.2) is 36.5 Å². The molecule has 1 saturated heterocycles. The zero-order valence-corrected chi connectivity index (χ0v) is 14.9. The van der Waals surface area contributed by atoms with Crippen molar-refractivity contribution in [1.82, 2.24) is 4.31 Å². The Hall–Kier alpha value is 0.0500. The third kappa shape index (κ3) is 2.37. The van der Waals surface area contributed by atoms with Crippen molar-refractivity contribution < 1.29 is 13.5 Å². The molecule has 0 radical (unpaired) electrons. The molecule has 3 rings (SSSR count). The van der Waals surface area contributed by atoms with Gasteiger partial charge in [0.2, 0.25) is 10.0 Å². The van der Waals surface area contributed by atoms with Crippen LogP contribution in [0.2, 0.25) is 0 Å². The Kier molecular flexibility index (Phi) is 3.57. The van der Waals surface area contributed by atoms with Gasteiger partial charge in [-0.25, -0.2) is 8.42 Å². The second-order valence-corrected chi connectivity index (χ2v) is 9.30. The van der Waals surface area contributed by atoms with Gasteiger partial charge in [-0.2, -0.15) is 4.31 Å². The Bertz CT molecular complexity index is 664. The van der Waals surface area contributed by atoms with E-state index in [9.17, 15) is 13.5 Å². The number of aliphatic hydroxyl groups is 1. The first-order valence-corrected chi connectivity index (χ1v) is 9.45. The van der Waals surface area contributed by atoms with Gasteiger partial charge in [-0.05, 0) is 59.3 Å². The number of hydrogen-bond acceptors (Lipinski definition) is 3. The number of aryl methyl sites for hydroxylation is 1. The molecule has 1 N–H and O–H groups in total. The van der Waals surface area contributed by atoms with E-state index in [2.05, 4.69) is 31.9 Å². The molecule has 1 aromatic carbocycles. The summed E-state index contributed by atoms with van der Waals surface area (Å²) in [7, 11) is -3.55. The molecule has 0 amide bonds. The minimum Gasteiger partial charge on any atom is -0.387 e. The van der Waals surface area contributed by atoms with E-state index < -0.39 is 15.6 Å². The second kappa shape index (κ2) is 4.78. The highest BCUT2D eigenvalue weighted by molar-refractivity contribution is 9.11. The number of sulfonamides is 1. The van der Waals surface area contributed by atoms with Crippen LogP contribution in [-0.2, 0) is 10.0 Å². The summed E-state index contributed by atoms with van der Waals surface area (Å²) in [4.78, 5) is 0.243. The molecule has 0 aromatic heterocycles. The fraction of sp³-hybridized carbons (Fsp3) is 0.538. The highest BCUT2D eigenvalue weighted by atomic mass is 79.9. The first-order valence-electron chi connectivity index (χ1n) is 6.42. The van der Waals surface area contributed by atoms with Crippen LogP contribution < -0.4 is 0 Å². The zero-order chi connectivity index (χ0) is 14.7. The minimum atomic E-state index is -3.55. The molecule has 1 saturated carbocycles. The third-order valence-electron chi connectivity index (χ3n) is 4.07. The van der Waals surface area contributed by atoms with Gasteiger partial charge < -0.3 is 5.11 Å². The van der Waals surface area contributed by atoms with Gasteiger partial charge in [0.25, 0.3) is 0 Å². The maximum Gasteiger partial charge on any atom is 0.244 e. The summed E-state index contributed by atoms with van der Waals surface area (Å²) in [5.41, 5.74) is 0.163. The molecule has 2 aliphatic rings. The number of hydrogen-bond donors (Lipinski definition) is 1. The van der Waals surface area contributed by atoms with Crippen LogP contribution >= 0.6 is 31.9 Å². The number of halogens is 2. The predicted octanol–water partition coefficient (Wildman–Crippen LogP) is 2.67. The van der Waals surface area contributed by atoms with Gasteiger partial charge in [-0.1, -0.05) is 15.9 Å². The fourth-order valence-corrected chi connectivity index (χ4v) is 5.78. The molecule has 0 bridgehead atoms. The fourth-order valence-electron chi connectivity index (χ4n) is 2.58. The van der Waals surface area contributed by atoms with Crippen molar-refractivity contribution >= 4 is 41.9 Å². The van der Waals surface area contributed by atoms with Crippen molar-refractivity contribution in [3.63, 3.8) is 0 Å². The molecule has 0 atom stereocenters. The monoisotopic (exact) mass is 423 g/mol. The lowest BCUT2D eigenvalue weighted by atomic mass is 9.91. The smallest absolute Gasteiger partial charge is 0.244 e. The lowest BCUT2D eigenvalue weighted by molar-refractivity contribution is -0.0765. The Balaban J connectivity index is 1.88. The summed E-state index contributed by atoms with van der Waals surface area (Å²) in [5, 5.41) is 10.3. The molecular formula is C13H15Br2NO3S. The van der Waals surface area contributed by atoms with Gasteiger partial charge in [-0.15, -0.1) is 0 Å². The SMILES string of the molecule is Cc1cc(Br)c(S(=O)(=O)N2CC(O)(C3CC3)C2)cc1Br. The van der Waals surface area contributed by atoms with Crippen molar-refractivity contribution in [2.75, 3.05) is 13.1 Å². The molecule has 1 aliphatic carbocycles. The van der Waals surface area contributed by atoms with E-state index in [-0.39, 0.29) is 23.9 Å². The molecule has 0 unspecified atom stereocenters. The molecule has 0 spiro atoms. The Morgan fingerprint density at radius 2 is 1.85 bits per heavy atom. The topological polar surface area (TPSA) is 57.6 Å². The number of β-amino-alcohol motifs (C(OH)–C–C–N with tert-alkyl or cyclic N) is 1. The van der Waals surface area contributed by atoms with Gasteiger partial charge >= 0.3 is 0 Å². The summed E-state index contributed by atoms with van der Waals surface area (Å²) in [6.07, 6.45) is 2.01. The highest BCUT2D eigenvalue weighted by Crippen LogP contribution is 2.46. The van der Waals surface area contributed by atoms with E-state index in [4.69, 9.17) is 0 Å². The number of benzene rings is 1. The maximum absolute atomic E-state index is 12.6. The Labute approximate surface area is 135 Å². The quantitative estimate of drug-likeness (QED) is 0.811. The first kappa shape index (κ1) is 15.0. The van der Waals surface area contributed by atoms with Gasteiger partial charge in [0.05, 0.1) is 10.5 Å². The van der Waals surface area contributed by atoms with E-state index in [0.29, 0.717) is 4.47 Å². The average molecular weight is 425 g/mol. The summed E-state index contributed by atoms with van der Waals surface area (Å²) in [6.45, 7) is 2.32. The molecular weight excluding hydrogens is 410 g/mol. The molecule has 20 heavy (non-hydrogen) atoms. The zero-order valence-electron chi connectivity index (χ0n) is 10.9. The largest absolute Gasteiger partial charge is 0.387 e. The van der Waals surface area contributed by atoms with E-state index in [1.807, 2.05) is 6.92 Å². The normalized spacial score (nSPS) is 22.6. The molecule has 1 aromatic rings. The predicted molar refractivity (Wildman–Crippen MR) is 83.0 cm³/mol. The van der Waals surface area contributed by atoms with Crippen molar-refractivity contribution in [3.05, 3.63) is 26.6 Å². The van der Waals surface area contributed by atoms with Crippen LogP contribution in [0.1, 0.15) is 18.4 Å². The van der Waals surface area contributed by atoms with Crippen LogP contribution in [0.5, 0.6) is 0 Å². The standard InChI is InChI=1S/C13H15Br2NO3S/c1-8-4-11(15)12(5-10(8)14)20(18,19)16-6-13(17,7-16)9-2-3-9/h4-5,9,17H,2-3,6-7H2,1H3. The Morgan fingerprint density at radius 1 is 1.25 bits per heavy atom. The van der Waals surface area contributed by atoms with Crippen molar-refractivity contribution in [2.45, 2.75) is 30.3 Å². The van der Waals surface area contributed by atoms with Gasteiger partial charge in [-0.3, -0.25) is 0 Å². The Morgan fingerprint density at radius 3 is 2.40 bits per heavy atom. The van der Waals surface area contributed by atoms with E-state index in [1.54, 1.807) is 12.1 Å². The van der Waals surface area contributed by atoms with Crippen LogP contribution in [0.3, 0.4) is 0 Å². The van der Waals surface area contributed by atoms with E-state index in [1.165, 1.54) is 4.31 Å². The minimum absolute atomic E-state index is 0.206. The summed E-state index contributed by atoms with van der Waals surface area (Å²) in [5.74, 6) is 0.280. The second-order valence-electron chi connectivity index (χ2n) is 5.68. The summed E-state index contributed by atoms with van der Waals surface area (Å²) < 4.78 is 27.9. The van der Waals surface area contributed by atoms with Crippen LogP contribution in [0.25, 0.3) is 0 Å². The molecule has 110 valence electrons. The van der Waals surface area contributed by atoms with E-state index >= 15 is 0 Å². The van der Waals surface area contributed by atoms with E-state index in [0.717, 1.165) is 22.9 Å². The van der Waals surface area contributed by atoms with Gasteiger partial charge in [0, 0.05) is 22.0 Å².